The van der Waals surface area contributed by atoms with Gasteiger partial charge in [0.15, 0.2) is 5.88 Å². The fraction of sp³-hybridized carbons (Fsp3) is 0.0625. The molecule has 0 atom stereocenters. The molecular formula is C16H9F3N4O2. The van der Waals surface area contributed by atoms with Gasteiger partial charge in [0.2, 0.25) is 0 Å². The molecule has 0 aliphatic carbocycles. The van der Waals surface area contributed by atoms with E-state index in [4.69, 9.17) is 0 Å². The number of aromatic hydroxyl groups is 1. The number of aromatic nitrogens is 1. The molecule has 2 heterocycles. The van der Waals surface area contributed by atoms with Gasteiger partial charge in [-0.05, 0) is 46.8 Å². The normalized spacial score (nSPS) is 14.0. The lowest BCUT2D eigenvalue weighted by Gasteiger charge is -2.08. The molecule has 0 bridgehead atoms. The van der Waals surface area contributed by atoms with Crippen molar-refractivity contribution in [3.8, 4) is 11.6 Å². The van der Waals surface area contributed by atoms with Crippen molar-refractivity contribution in [2.24, 2.45) is 15.4 Å². The third kappa shape index (κ3) is 2.91. The first-order valence-corrected chi connectivity index (χ1v) is 7.10. The van der Waals surface area contributed by atoms with Gasteiger partial charge in [-0.3, -0.25) is 0 Å². The number of H-pyrrole nitrogens is 1. The highest BCUT2D eigenvalue weighted by atomic mass is 19.4. The number of nitrogens with one attached hydrogen (secondary N) is 1. The summed E-state index contributed by atoms with van der Waals surface area (Å²) in [5, 5.41) is 23.0. The van der Waals surface area contributed by atoms with Crippen LogP contribution in [0, 0.1) is 0 Å². The van der Waals surface area contributed by atoms with Crippen molar-refractivity contribution in [1.82, 2.24) is 4.98 Å². The van der Waals surface area contributed by atoms with Gasteiger partial charge in [0.25, 0.3) is 0 Å². The van der Waals surface area contributed by atoms with Crippen molar-refractivity contribution in [1.29, 1.82) is 0 Å². The van der Waals surface area contributed by atoms with Crippen LogP contribution < -0.4 is 15.3 Å². The van der Waals surface area contributed by atoms with E-state index in [0.717, 1.165) is 0 Å². The predicted octanol–water partition coefficient (Wildman–Crippen LogP) is 3.23. The molecule has 0 saturated heterocycles. The molecule has 6 nitrogen and oxygen atoms in total. The summed E-state index contributed by atoms with van der Waals surface area (Å²) in [5.41, 5.74) is 1.40. The Morgan fingerprint density at radius 2 is 1.96 bits per heavy atom. The van der Waals surface area contributed by atoms with Crippen LogP contribution in [0.5, 0.6) is 11.6 Å². The van der Waals surface area contributed by atoms with Crippen LogP contribution in [0.25, 0.3) is 17.0 Å². The average Bonchev–Trinajstić information content (AvgIpc) is 3.11. The third-order valence-electron chi connectivity index (χ3n) is 3.64. The summed E-state index contributed by atoms with van der Waals surface area (Å²) < 4.78 is 41.2. The van der Waals surface area contributed by atoms with E-state index in [1.807, 2.05) is 0 Å². The van der Waals surface area contributed by atoms with Crippen molar-refractivity contribution < 1.29 is 23.0 Å². The Kier molecular flexibility index (Phi) is 3.24. The summed E-state index contributed by atoms with van der Waals surface area (Å²) >= 11 is 0. The molecule has 9 heteroatoms. The Morgan fingerprint density at radius 3 is 2.76 bits per heavy atom. The number of fused-ring (bicyclic) bond motifs is 2. The fourth-order valence-electron chi connectivity index (χ4n) is 2.60. The van der Waals surface area contributed by atoms with Gasteiger partial charge in [-0.2, -0.15) is 0 Å². The zero-order valence-corrected chi connectivity index (χ0v) is 12.4. The first-order valence-electron chi connectivity index (χ1n) is 7.10. The van der Waals surface area contributed by atoms with Gasteiger partial charge >= 0.3 is 6.36 Å². The third-order valence-corrected chi connectivity index (χ3v) is 3.64. The van der Waals surface area contributed by atoms with Crippen molar-refractivity contribution in [2.75, 3.05) is 0 Å². The van der Waals surface area contributed by atoms with E-state index in [1.54, 1.807) is 24.3 Å². The SMILES string of the molecule is Oc1[nH]c2ccc(OC(F)(F)F)cc2c1C=c1ccc2c(c1)N=NN=2. The molecule has 0 amide bonds. The highest BCUT2D eigenvalue weighted by molar-refractivity contribution is 5.92. The van der Waals surface area contributed by atoms with Gasteiger partial charge in [-0.15, -0.1) is 23.4 Å². The molecule has 4 rings (SSSR count). The van der Waals surface area contributed by atoms with Crippen molar-refractivity contribution in [2.45, 2.75) is 6.36 Å². The van der Waals surface area contributed by atoms with Gasteiger partial charge in [-0.1, -0.05) is 6.07 Å². The molecule has 1 aliphatic heterocycles. The molecule has 0 saturated carbocycles. The van der Waals surface area contributed by atoms with Crippen LogP contribution >= 0.6 is 0 Å². The van der Waals surface area contributed by atoms with Gasteiger partial charge in [0, 0.05) is 16.5 Å². The van der Waals surface area contributed by atoms with E-state index < -0.39 is 6.36 Å². The number of rotatable bonds is 2. The Bertz CT molecular complexity index is 1130. The Balaban J connectivity index is 1.85. The number of nitrogens with zero attached hydrogens (tertiary/aromatic N) is 3. The number of aromatic amines is 1. The number of hydrogen-bond acceptors (Lipinski definition) is 5. The Labute approximate surface area is 137 Å². The van der Waals surface area contributed by atoms with Crippen LogP contribution in [0.2, 0.25) is 0 Å². The first-order chi connectivity index (χ1) is 11.9. The highest BCUT2D eigenvalue weighted by Crippen LogP contribution is 2.32. The molecule has 2 N–H and O–H groups in total. The second-order valence-electron chi connectivity index (χ2n) is 5.32. The number of benzene rings is 2. The van der Waals surface area contributed by atoms with Crippen LogP contribution in [0.1, 0.15) is 5.56 Å². The summed E-state index contributed by atoms with van der Waals surface area (Å²) in [7, 11) is 0. The summed E-state index contributed by atoms with van der Waals surface area (Å²) in [6.45, 7) is 0. The number of halogens is 3. The largest absolute Gasteiger partial charge is 0.573 e. The molecular weight excluding hydrogens is 337 g/mol. The number of hydrogen-bond donors (Lipinski definition) is 2. The minimum atomic E-state index is -4.79. The second-order valence-corrected chi connectivity index (χ2v) is 5.32. The van der Waals surface area contributed by atoms with Crippen LogP contribution in [-0.2, 0) is 0 Å². The molecule has 0 spiro atoms. The molecule has 1 aromatic heterocycles. The summed E-state index contributed by atoms with van der Waals surface area (Å²) in [6, 6.07) is 8.96. The molecule has 25 heavy (non-hydrogen) atoms. The van der Waals surface area contributed by atoms with Crippen molar-refractivity contribution in [3.05, 3.63) is 52.5 Å². The van der Waals surface area contributed by atoms with Gasteiger partial charge in [-0.25, -0.2) is 0 Å². The average molecular weight is 346 g/mol. The molecule has 3 aromatic rings. The van der Waals surface area contributed by atoms with E-state index in [9.17, 15) is 18.3 Å². The molecule has 126 valence electrons. The lowest BCUT2D eigenvalue weighted by Crippen LogP contribution is -2.16. The summed E-state index contributed by atoms with van der Waals surface area (Å²) in [6.07, 6.45) is -3.16. The standard InChI is InChI=1S/C16H9F3N4O2/c17-16(18,19)25-9-2-4-12-10(7-9)11(15(24)20-12)5-8-1-3-13-14(6-8)22-23-21-13/h1-7,20,24H. The lowest BCUT2D eigenvalue weighted by atomic mass is 10.1. The second kappa shape index (κ2) is 5.33. The molecule has 0 unspecified atom stereocenters. The topological polar surface area (TPSA) is 82.3 Å². The lowest BCUT2D eigenvalue weighted by molar-refractivity contribution is -0.274. The summed E-state index contributed by atoms with van der Waals surface area (Å²) in [4.78, 5) is 2.72. The monoisotopic (exact) mass is 346 g/mol. The first kappa shape index (κ1) is 15.2. The maximum atomic E-state index is 12.4. The maximum absolute atomic E-state index is 12.4. The van der Waals surface area contributed by atoms with E-state index in [0.29, 0.717) is 32.7 Å². The maximum Gasteiger partial charge on any atom is 0.573 e. The van der Waals surface area contributed by atoms with Gasteiger partial charge < -0.3 is 14.8 Å². The van der Waals surface area contributed by atoms with Crippen molar-refractivity contribution >= 4 is 22.7 Å². The number of alkyl halides is 3. The molecule has 0 fully saturated rings. The van der Waals surface area contributed by atoms with Crippen LogP contribution in [0.15, 0.2) is 51.8 Å². The fourth-order valence-corrected chi connectivity index (χ4v) is 2.60. The Hall–Kier alpha value is -3.36. The van der Waals surface area contributed by atoms with Crippen LogP contribution in [0.3, 0.4) is 0 Å². The van der Waals surface area contributed by atoms with Gasteiger partial charge in [0.05, 0.1) is 0 Å². The minimum absolute atomic E-state index is 0.161. The quantitative estimate of drug-likeness (QED) is 0.747. The molecule has 0 radical (unpaired) electrons. The zero-order valence-electron chi connectivity index (χ0n) is 12.4. The molecule has 2 aromatic carbocycles. The minimum Gasteiger partial charge on any atom is -0.494 e. The zero-order chi connectivity index (χ0) is 17.6. The van der Waals surface area contributed by atoms with Gasteiger partial charge in [0.1, 0.15) is 16.8 Å². The Morgan fingerprint density at radius 1 is 1.12 bits per heavy atom. The van der Waals surface area contributed by atoms with Crippen molar-refractivity contribution in [3.63, 3.8) is 0 Å². The predicted molar refractivity (Wildman–Crippen MR) is 82.0 cm³/mol. The molecule has 1 aliphatic rings. The highest BCUT2D eigenvalue weighted by Gasteiger charge is 2.31. The van der Waals surface area contributed by atoms with E-state index in [-0.39, 0.29) is 11.6 Å². The smallest absolute Gasteiger partial charge is 0.494 e. The van der Waals surface area contributed by atoms with E-state index in [1.165, 1.54) is 18.2 Å². The van der Waals surface area contributed by atoms with Crippen LogP contribution in [-0.4, -0.2) is 16.5 Å². The summed E-state index contributed by atoms with van der Waals surface area (Å²) in [5.74, 6) is -0.527. The number of ether oxygens (including phenoxy) is 1. The van der Waals surface area contributed by atoms with E-state index in [2.05, 4.69) is 25.2 Å². The van der Waals surface area contributed by atoms with E-state index >= 15 is 0 Å². The van der Waals surface area contributed by atoms with Crippen LogP contribution in [0.4, 0.5) is 18.9 Å².